The number of carbonyl (C=O) groups is 1. The van der Waals surface area contributed by atoms with E-state index in [0.29, 0.717) is 28.8 Å². The molecule has 1 amide bonds. The van der Waals surface area contributed by atoms with Crippen LogP contribution in [0.15, 0.2) is 30.5 Å². The summed E-state index contributed by atoms with van der Waals surface area (Å²) in [6.45, 7) is 2.65. The van der Waals surface area contributed by atoms with Gasteiger partial charge in [0.2, 0.25) is 0 Å². The summed E-state index contributed by atoms with van der Waals surface area (Å²) in [5.74, 6) is 0.950. The molecule has 0 aliphatic rings. The minimum Gasteiger partial charge on any atom is -0.470 e. The number of nitrogens with zero attached hydrogens (tertiary/aromatic N) is 2. The lowest BCUT2D eigenvalue weighted by Gasteiger charge is -2.08. The molecule has 7 heteroatoms. The van der Waals surface area contributed by atoms with E-state index in [0.717, 1.165) is 5.56 Å². The van der Waals surface area contributed by atoms with Crippen LogP contribution in [-0.4, -0.2) is 28.0 Å². The van der Waals surface area contributed by atoms with Crippen LogP contribution in [-0.2, 0) is 6.73 Å². The standard InChI is InChI=1S/C14H16ClN3O2S/c1-10-2-3-11(15)13(8-10)20-9-18-6-4-12(17-18)14(19)16-5-7-21/h2-4,6,8,21H,5,7,9H2,1H3,(H,16,19). The summed E-state index contributed by atoms with van der Waals surface area (Å²) in [4.78, 5) is 11.7. The van der Waals surface area contributed by atoms with E-state index in [1.165, 1.54) is 4.68 Å². The van der Waals surface area contributed by atoms with E-state index in [9.17, 15) is 4.79 Å². The van der Waals surface area contributed by atoms with E-state index in [1.54, 1.807) is 18.3 Å². The smallest absolute Gasteiger partial charge is 0.271 e. The predicted octanol–water partition coefficient (Wildman–Crippen LogP) is 2.54. The molecule has 0 saturated heterocycles. The molecule has 0 atom stereocenters. The topological polar surface area (TPSA) is 56.1 Å². The Bertz CT molecular complexity index is 630. The van der Waals surface area contributed by atoms with Crippen LogP contribution in [0.2, 0.25) is 5.02 Å². The van der Waals surface area contributed by atoms with Crippen molar-refractivity contribution in [3.63, 3.8) is 0 Å². The Morgan fingerprint density at radius 3 is 3.05 bits per heavy atom. The van der Waals surface area contributed by atoms with Gasteiger partial charge in [-0.3, -0.25) is 4.79 Å². The van der Waals surface area contributed by atoms with Crippen molar-refractivity contribution in [2.75, 3.05) is 12.3 Å². The second-order valence-electron chi connectivity index (χ2n) is 4.43. The lowest BCUT2D eigenvalue weighted by Crippen LogP contribution is -2.26. The Hall–Kier alpha value is -1.66. The zero-order chi connectivity index (χ0) is 15.2. The highest BCUT2D eigenvalue weighted by Crippen LogP contribution is 2.25. The number of rotatable bonds is 6. The monoisotopic (exact) mass is 325 g/mol. The van der Waals surface area contributed by atoms with Crippen molar-refractivity contribution < 1.29 is 9.53 Å². The van der Waals surface area contributed by atoms with E-state index < -0.39 is 0 Å². The van der Waals surface area contributed by atoms with Gasteiger partial charge in [0.25, 0.3) is 5.91 Å². The Morgan fingerprint density at radius 2 is 2.29 bits per heavy atom. The molecule has 0 fully saturated rings. The molecule has 21 heavy (non-hydrogen) atoms. The molecule has 0 radical (unpaired) electrons. The van der Waals surface area contributed by atoms with E-state index in [1.807, 2.05) is 19.1 Å². The summed E-state index contributed by atoms with van der Waals surface area (Å²) in [7, 11) is 0. The van der Waals surface area contributed by atoms with Gasteiger partial charge in [-0.25, -0.2) is 4.68 Å². The average Bonchev–Trinajstić information content (AvgIpc) is 2.94. The van der Waals surface area contributed by atoms with Gasteiger partial charge in [-0.15, -0.1) is 0 Å². The molecule has 0 bridgehead atoms. The van der Waals surface area contributed by atoms with Gasteiger partial charge in [-0.05, 0) is 30.7 Å². The van der Waals surface area contributed by atoms with Crippen molar-refractivity contribution >= 4 is 30.1 Å². The predicted molar refractivity (Wildman–Crippen MR) is 85.2 cm³/mol. The minimum atomic E-state index is -0.226. The molecule has 0 spiro atoms. The van der Waals surface area contributed by atoms with Crippen LogP contribution in [0.3, 0.4) is 0 Å². The number of amides is 1. The first kappa shape index (κ1) is 15.7. The molecule has 0 aliphatic heterocycles. The molecule has 0 saturated carbocycles. The van der Waals surface area contributed by atoms with Gasteiger partial charge in [0.1, 0.15) is 11.4 Å². The third-order valence-electron chi connectivity index (χ3n) is 2.71. The summed E-state index contributed by atoms with van der Waals surface area (Å²) in [5, 5.41) is 7.38. The van der Waals surface area contributed by atoms with Crippen molar-refractivity contribution in [2.24, 2.45) is 0 Å². The molecule has 0 unspecified atom stereocenters. The van der Waals surface area contributed by atoms with Gasteiger partial charge in [-0.1, -0.05) is 17.7 Å². The molecular formula is C14H16ClN3O2S. The van der Waals surface area contributed by atoms with Gasteiger partial charge in [-0.2, -0.15) is 17.7 Å². The van der Waals surface area contributed by atoms with Crippen molar-refractivity contribution in [3.8, 4) is 5.75 Å². The van der Waals surface area contributed by atoms with Crippen LogP contribution in [0.5, 0.6) is 5.75 Å². The number of halogens is 1. The van der Waals surface area contributed by atoms with Crippen LogP contribution in [0, 0.1) is 6.92 Å². The van der Waals surface area contributed by atoms with Crippen LogP contribution in [0.25, 0.3) is 0 Å². The lowest BCUT2D eigenvalue weighted by atomic mass is 10.2. The Kier molecular flexibility index (Phi) is 5.52. The van der Waals surface area contributed by atoms with Crippen LogP contribution in [0.4, 0.5) is 0 Å². The highest BCUT2D eigenvalue weighted by molar-refractivity contribution is 7.80. The summed E-state index contributed by atoms with van der Waals surface area (Å²) >= 11 is 10.1. The number of hydrogen-bond donors (Lipinski definition) is 2. The number of aromatic nitrogens is 2. The number of hydrogen-bond acceptors (Lipinski definition) is 4. The van der Waals surface area contributed by atoms with E-state index in [2.05, 4.69) is 23.0 Å². The fourth-order valence-corrected chi connectivity index (χ4v) is 1.96. The van der Waals surface area contributed by atoms with E-state index in [4.69, 9.17) is 16.3 Å². The maximum absolute atomic E-state index is 11.7. The number of ether oxygens (including phenoxy) is 1. The van der Waals surface area contributed by atoms with E-state index in [-0.39, 0.29) is 12.6 Å². The number of thiol groups is 1. The van der Waals surface area contributed by atoms with E-state index >= 15 is 0 Å². The van der Waals surface area contributed by atoms with Gasteiger partial charge < -0.3 is 10.1 Å². The minimum absolute atomic E-state index is 0.184. The summed E-state index contributed by atoms with van der Waals surface area (Å²) in [6, 6.07) is 7.18. The molecule has 1 aromatic carbocycles. The zero-order valence-electron chi connectivity index (χ0n) is 11.5. The molecule has 1 N–H and O–H groups in total. The Morgan fingerprint density at radius 1 is 1.48 bits per heavy atom. The lowest BCUT2D eigenvalue weighted by molar-refractivity contribution is 0.0949. The maximum atomic E-state index is 11.7. The van der Waals surface area contributed by atoms with Crippen molar-refractivity contribution in [1.29, 1.82) is 0 Å². The Balaban J connectivity index is 1.96. The number of aryl methyl sites for hydroxylation is 1. The first-order valence-corrected chi connectivity index (χ1v) is 7.42. The maximum Gasteiger partial charge on any atom is 0.271 e. The third kappa shape index (κ3) is 4.41. The van der Waals surface area contributed by atoms with Gasteiger partial charge in [0, 0.05) is 18.5 Å². The van der Waals surface area contributed by atoms with Crippen LogP contribution >= 0.6 is 24.2 Å². The number of nitrogens with one attached hydrogen (secondary N) is 1. The first-order chi connectivity index (χ1) is 10.1. The van der Waals surface area contributed by atoms with Crippen molar-refractivity contribution in [1.82, 2.24) is 15.1 Å². The molecule has 5 nitrogen and oxygen atoms in total. The molecular weight excluding hydrogens is 310 g/mol. The second-order valence-corrected chi connectivity index (χ2v) is 5.28. The number of carbonyl (C=O) groups excluding carboxylic acids is 1. The van der Waals surface area contributed by atoms with Gasteiger partial charge >= 0.3 is 0 Å². The zero-order valence-corrected chi connectivity index (χ0v) is 13.2. The van der Waals surface area contributed by atoms with Gasteiger partial charge in [0.05, 0.1) is 5.02 Å². The molecule has 112 valence electrons. The molecule has 1 heterocycles. The highest BCUT2D eigenvalue weighted by atomic mass is 35.5. The highest BCUT2D eigenvalue weighted by Gasteiger charge is 2.09. The third-order valence-corrected chi connectivity index (χ3v) is 3.25. The SMILES string of the molecule is Cc1ccc(Cl)c(OCn2ccc(C(=O)NCCS)n2)c1. The summed E-state index contributed by atoms with van der Waals surface area (Å²) in [5.41, 5.74) is 1.40. The average molecular weight is 326 g/mol. The van der Waals surface area contributed by atoms with Gasteiger partial charge in [0.15, 0.2) is 6.73 Å². The summed E-state index contributed by atoms with van der Waals surface area (Å²) < 4.78 is 7.14. The quantitative estimate of drug-likeness (QED) is 0.802. The van der Waals surface area contributed by atoms with Crippen LogP contribution in [0.1, 0.15) is 16.1 Å². The fourth-order valence-electron chi connectivity index (χ4n) is 1.67. The Labute approximate surface area is 133 Å². The molecule has 2 aromatic rings. The fraction of sp³-hybridized carbons (Fsp3) is 0.286. The molecule has 0 aliphatic carbocycles. The second kappa shape index (κ2) is 7.38. The largest absolute Gasteiger partial charge is 0.470 e. The summed E-state index contributed by atoms with van der Waals surface area (Å²) in [6.07, 6.45) is 1.68. The normalized spacial score (nSPS) is 10.4. The number of benzene rings is 1. The first-order valence-electron chi connectivity index (χ1n) is 6.41. The van der Waals surface area contributed by atoms with Crippen LogP contribution < -0.4 is 10.1 Å². The van der Waals surface area contributed by atoms with Crippen molar-refractivity contribution in [3.05, 3.63) is 46.7 Å². The molecule has 2 rings (SSSR count). The van der Waals surface area contributed by atoms with Crippen molar-refractivity contribution in [2.45, 2.75) is 13.7 Å². The molecule has 1 aromatic heterocycles.